The van der Waals surface area contributed by atoms with Crippen molar-refractivity contribution < 1.29 is 9.53 Å². The van der Waals surface area contributed by atoms with E-state index in [1.165, 1.54) is 22.3 Å². The largest absolute Gasteiger partial charge is 0.448 e. The Labute approximate surface area is 176 Å². The second kappa shape index (κ2) is 7.88. The lowest BCUT2D eigenvalue weighted by atomic mass is 9.98. The summed E-state index contributed by atoms with van der Waals surface area (Å²) in [5.74, 6) is 0.0486. The Balaban J connectivity index is 1.34. The number of rotatable bonds is 4. The molecule has 0 radical (unpaired) electrons. The lowest BCUT2D eigenvalue weighted by Crippen LogP contribution is -2.18. The molecule has 4 aromatic rings. The minimum absolute atomic E-state index is 0.0486. The van der Waals surface area contributed by atoms with Gasteiger partial charge in [0.2, 0.25) is 0 Å². The first-order chi connectivity index (χ1) is 14.8. The lowest BCUT2D eigenvalue weighted by molar-refractivity contribution is 0.158. The average Bonchev–Trinajstić information content (AvgIpc) is 3.12. The van der Waals surface area contributed by atoms with Gasteiger partial charge < -0.3 is 4.74 Å². The third-order valence-corrected chi connectivity index (χ3v) is 5.59. The van der Waals surface area contributed by atoms with Gasteiger partial charge in [-0.15, -0.1) is 0 Å². The first-order valence-corrected chi connectivity index (χ1v) is 10.1. The molecule has 1 amide bonds. The van der Waals surface area contributed by atoms with Gasteiger partial charge in [0.15, 0.2) is 0 Å². The van der Waals surface area contributed by atoms with Crippen LogP contribution in [0.15, 0.2) is 103 Å². The van der Waals surface area contributed by atoms with Crippen molar-refractivity contribution >= 4 is 11.8 Å². The number of amides is 1. The summed E-state index contributed by atoms with van der Waals surface area (Å²) in [4.78, 5) is 12.6. The van der Waals surface area contributed by atoms with Gasteiger partial charge in [-0.1, -0.05) is 97.1 Å². The average molecular weight is 391 g/mol. The zero-order valence-corrected chi connectivity index (χ0v) is 16.4. The van der Waals surface area contributed by atoms with Crippen LogP contribution in [0.3, 0.4) is 0 Å². The van der Waals surface area contributed by atoms with Gasteiger partial charge in [0.05, 0.1) is 5.69 Å². The number of benzene rings is 4. The number of carbonyl (C=O) groups is 1. The van der Waals surface area contributed by atoms with Crippen molar-refractivity contribution in [2.75, 3.05) is 11.9 Å². The summed E-state index contributed by atoms with van der Waals surface area (Å²) < 4.78 is 5.68. The molecule has 0 aliphatic heterocycles. The molecule has 0 aromatic heterocycles. The van der Waals surface area contributed by atoms with Crippen LogP contribution in [-0.2, 0) is 4.74 Å². The fraction of sp³-hybridized carbons (Fsp3) is 0.0741. The monoisotopic (exact) mass is 391 g/mol. The van der Waals surface area contributed by atoms with Crippen LogP contribution < -0.4 is 5.32 Å². The summed E-state index contributed by atoms with van der Waals surface area (Å²) >= 11 is 0. The maximum atomic E-state index is 12.6. The number of para-hydroxylation sites is 1. The van der Waals surface area contributed by atoms with Crippen molar-refractivity contribution in [3.8, 4) is 22.3 Å². The normalized spacial score (nSPS) is 12.1. The molecular formula is C27H21NO2. The van der Waals surface area contributed by atoms with Crippen molar-refractivity contribution in [3.63, 3.8) is 0 Å². The molecule has 0 saturated carbocycles. The zero-order chi connectivity index (χ0) is 20.3. The van der Waals surface area contributed by atoms with E-state index in [-0.39, 0.29) is 5.92 Å². The van der Waals surface area contributed by atoms with Gasteiger partial charge in [0, 0.05) is 11.5 Å². The molecule has 0 bridgehead atoms. The third-order valence-electron chi connectivity index (χ3n) is 5.59. The van der Waals surface area contributed by atoms with E-state index in [0.717, 1.165) is 16.8 Å². The molecule has 1 aliphatic rings. The molecule has 0 unspecified atom stereocenters. The van der Waals surface area contributed by atoms with Crippen molar-refractivity contribution in [1.29, 1.82) is 0 Å². The predicted octanol–water partition coefficient (Wildman–Crippen LogP) is 6.71. The highest BCUT2D eigenvalue weighted by Crippen LogP contribution is 2.44. The SMILES string of the molecule is O=C(Nc1ccccc1-c1ccccc1)OCC1c2ccccc2-c2ccccc21. The van der Waals surface area contributed by atoms with E-state index >= 15 is 0 Å². The molecule has 0 fully saturated rings. The Hall–Kier alpha value is -3.85. The minimum Gasteiger partial charge on any atom is -0.448 e. The highest BCUT2D eigenvalue weighted by atomic mass is 16.5. The molecule has 4 aromatic carbocycles. The van der Waals surface area contributed by atoms with Crippen LogP contribution in [0.1, 0.15) is 17.0 Å². The number of hydrogen-bond acceptors (Lipinski definition) is 2. The molecular weight excluding hydrogens is 370 g/mol. The molecule has 0 atom stereocenters. The Morgan fingerprint density at radius 1 is 0.667 bits per heavy atom. The Kier molecular flexibility index (Phi) is 4.78. The van der Waals surface area contributed by atoms with Crippen LogP contribution in [-0.4, -0.2) is 12.7 Å². The van der Waals surface area contributed by atoms with Crippen LogP contribution in [0.2, 0.25) is 0 Å². The van der Waals surface area contributed by atoms with Crippen LogP contribution in [0, 0.1) is 0 Å². The summed E-state index contributed by atoms with van der Waals surface area (Å²) in [6, 6.07) is 34.4. The molecule has 1 aliphatic carbocycles. The third kappa shape index (κ3) is 3.35. The van der Waals surface area contributed by atoms with Crippen LogP contribution in [0.4, 0.5) is 10.5 Å². The standard InChI is InChI=1S/C27H21NO2/c29-27(28-26-17-9-8-12-20(26)19-10-2-1-3-11-19)30-18-25-23-15-6-4-13-21(23)22-14-5-7-16-24(22)25/h1-17,25H,18H2,(H,28,29). The van der Waals surface area contributed by atoms with Crippen molar-refractivity contribution in [2.45, 2.75) is 5.92 Å². The number of ether oxygens (including phenoxy) is 1. The maximum Gasteiger partial charge on any atom is 0.411 e. The number of fused-ring (bicyclic) bond motifs is 3. The zero-order valence-electron chi connectivity index (χ0n) is 16.4. The first kappa shape index (κ1) is 18.2. The number of anilines is 1. The summed E-state index contributed by atoms with van der Waals surface area (Å²) in [5.41, 5.74) is 7.60. The summed E-state index contributed by atoms with van der Waals surface area (Å²) in [6.07, 6.45) is -0.444. The molecule has 146 valence electrons. The van der Waals surface area contributed by atoms with E-state index in [9.17, 15) is 4.79 Å². The molecule has 0 saturated heterocycles. The molecule has 0 spiro atoms. The van der Waals surface area contributed by atoms with E-state index in [2.05, 4.69) is 29.6 Å². The van der Waals surface area contributed by atoms with Gasteiger partial charge >= 0.3 is 6.09 Å². The van der Waals surface area contributed by atoms with Gasteiger partial charge in [-0.05, 0) is 33.9 Å². The van der Waals surface area contributed by atoms with E-state index in [1.807, 2.05) is 78.9 Å². The van der Waals surface area contributed by atoms with E-state index < -0.39 is 6.09 Å². The van der Waals surface area contributed by atoms with Crippen LogP contribution in [0.25, 0.3) is 22.3 Å². The highest BCUT2D eigenvalue weighted by Gasteiger charge is 2.29. The van der Waals surface area contributed by atoms with E-state index in [0.29, 0.717) is 6.61 Å². The van der Waals surface area contributed by atoms with Gasteiger partial charge in [-0.3, -0.25) is 5.32 Å². The number of carbonyl (C=O) groups excluding carboxylic acids is 1. The highest BCUT2D eigenvalue weighted by molar-refractivity contribution is 5.91. The molecule has 3 heteroatoms. The van der Waals surface area contributed by atoms with E-state index in [4.69, 9.17) is 4.74 Å². The molecule has 30 heavy (non-hydrogen) atoms. The second-order valence-electron chi connectivity index (χ2n) is 7.36. The fourth-order valence-corrected chi connectivity index (χ4v) is 4.21. The smallest absolute Gasteiger partial charge is 0.411 e. The molecule has 3 nitrogen and oxygen atoms in total. The molecule has 0 heterocycles. The van der Waals surface area contributed by atoms with E-state index in [1.54, 1.807) is 0 Å². The predicted molar refractivity (Wildman–Crippen MR) is 121 cm³/mol. The number of nitrogens with one attached hydrogen (secondary N) is 1. The Bertz CT molecular complexity index is 1150. The summed E-state index contributed by atoms with van der Waals surface area (Å²) in [6.45, 7) is 0.299. The van der Waals surface area contributed by atoms with Gasteiger partial charge in [0.1, 0.15) is 6.61 Å². The molecule has 5 rings (SSSR count). The quantitative estimate of drug-likeness (QED) is 0.420. The van der Waals surface area contributed by atoms with Crippen molar-refractivity contribution in [3.05, 3.63) is 114 Å². The second-order valence-corrected chi connectivity index (χ2v) is 7.36. The number of hydrogen-bond donors (Lipinski definition) is 1. The van der Waals surface area contributed by atoms with Crippen molar-refractivity contribution in [2.24, 2.45) is 0 Å². The Morgan fingerprint density at radius 2 is 1.20 bits per heavy atom. The first-order valence-electron chi connectivity index (χ1n) is 10.1. The summed E-state index contributed by atoms with van der Waals surface area (Å²) in [7, 11) is 0. The van der Waals surface area contributed by atoms with Crippen LogP contribution in [0.5, 0.6) is 0 Å². The van der Waals surface area contributed by atoms with Gasteiger partial charge in [-0.2, -0.15) is 0 Å². The Morgan fingerprint density at radius 3 is 1.87 bits per heavy atom. The van der Waals surface area contributed by atoms with Crippen LogP contribution >= 0.6 is 0 Å². The molecule has 1 N–H and O–H groups in total. The summed E-state index contributed by atoms with van der Waals surface area (Å²) in [5, 5.41) is 2.92. The fourth-order valence-electron chi connectivity index (χ4n) is 4.21. The van der Waals surface area contributed by atoms with Gasteiger partial charge in [-0.25, -0.2) is 4.79 Å². The van der Waals surface area contributed by atoms with Crippen molar-refractivity contribution in [1.82, 2.24) is 0 Å². The topological polar surface area (TPSA) is 38.3 Å². The lowest BCUT2D eigenvalue weighted by Gasteiger charge is -2.16. The maximum absolute atomic E-state index is 12.6. The van der Waals surface area contributed by atoms with Gasteiger partial charge in [0.25, 0.3) is 0 Å². The minimum atomic E-state index is -0.444.